The van der Waals surface area contributed by atoms with Crippen LogP contribution in [0.3, 0.4) is 0 Å². The third kappa shape index (κ3) is 3.97. The summed E-state index contributed by atoms with van der Waals surface area (Å²) in [4.78, 5) is 37.5. The third-order valence-corrected chi connectivity index (χ3v) is 5.16. The first kappa shape index (κ1) is 20.5. The molecule has 0 saturated carbocycles. The smallest absolute Gasteiger partial charge is 0.351 e. The van der Waals surface area contributed by atoms with Gasteiger partial charge in [0.1, 0.15) is 34.5 Å². The van der Waals surface area contributed by atoms with Crippen LogP contribution in [0.4, 0.5) is 0 Å². The van der Waals surface area contributed by atoms with Crippen LogP contribution in [0.15, 0.2) is 97.5 Å². The summed E-state index contributed by atoms with van der Waals surface area (Å²) in [5.74, 6) is -0.544. The molecule has 0 amide bonds. The SMILES string of the molecule is O=C(Oc1ccc2c(=O)c(Oc3ccccc3Cl)coc2c1)c1cc2ccccc2oc1=O. The number of carbonyl (C=O) groups is 1. The van der Waals surface area contributed by atoms with E-state index in [1.54, 1.807) is 48.5 Å². The van der Waals surface area contributed by atoms with Crippen LogP contribution in [0.1, 0.15) is 10.4 Å². The fraction of sp³-hybridized carbons (Fsp3) is 0. The number of ether oxygens (including phenoxy) is 2. The lowest BCUT2D eigenvalue weighted by Crippen LogP contribution is -2.18. The van der Waals surface area contributed by atoms with E-state index in [9.17, 15) is 14.4 Å². The standard InChI is InChI=1S/C25H13ClO7/c26-18-6-2-4-8-20(18)32-22-13-30-21-12-15(9-10-16(21)23(22)27)31-24(28)17-11-14-5-1-3-7-19(14)33-25(17)29/h1-13H. The van der Waals surface area contributed by atoms with Gasteiger partial charge in [-0.1, -0.05) is 41.9 Å². The van der Waals surface area contributed by atoms with Crippen LogP contribution >= 0.6 is 11.6 Å². The van der Waals surface area contributed by atoms with Gasteiger partial charge in [0.15, 0.2) is 0 Å². The molecule has 8 heteroatoms. The second-order valence-corrected chi connectivity index (χ2v) is 7.40. The number of fused-ring (bicyclic) bond motifs is 2. The van der Waals surface area contributed by atoms with E-state index in [1.165, 1.54) is 24.3 Å². The maximum Gasteiger partial charge on any atom is 0.351 e. The van der Waals surface area contributed by atoms with Crippen molar-refractivity contribution in [1.82, 2.24) is 0 Å². The van der Waals surface area contributed by atoms with Gasteiger partial charge in [0.2, 0.25) is 11.2 Å². The molecule has 2 heterocycles. The second-order valence-electron chi connectivity index (χ2n) is 6.99. The highest BCUT2D eigenvalue weighted by Crippen LogP contribution is 2.29. The van der Waals surface area contributed by atoms with Crippen molar-refractivity contribution in [2.45, 2.75) is 0 Å². The lowest BCUT2D eigenvalue weighted by Gasteiger charge is -2.08. The van der Waals surface area contributed by atoms with Crippen LogP contribution in [0, 0.1) is 0 Å². The molecule has 0 aliphatic carbocycles. The van der Waals surface area contributed by atoms with E-state index >= 15 is 0 Å². The van der Waals surface area contributed by atoms with Gasteiger partial charge in [-0.25, -0.2) is 9.59 Å². The van der Waals surface area contributed by atoms with Crippen molar-refractivity contribution in [3.63, 3.8) is 0 Å². The summed E-state index contributed by atoms with van der Waals surface area (Å²) in [6.45, 7) is 0. The van der Waals surface area contributed by atoms with E-state index in [0.29, 0.717) is 21.7 Å². The van der Waals surface area contributed by atoms with Crippen LogP contribution in [-0.4, -0.2) is 5.97 Å². The molecule has 0 aliphatic rings. The van der Waals surface area contributed by atoms with Crippen molar-refractivity contribution in [2.24, 2.45) is 0 Å². The molecule has 5 aromatic rings. The Labute approximate surface area is 190 Å². The average Bonchev–Trinajstić information content (AvgIpc) is 2.81. The Morgan fingerprint density at radius 2 is 1.64 bits per heavy atom. The summed E-state index contributed by atoms with van der Waals surface area (Å²) in [5.41, 5.74) is -0.959. The van der Waals surface area contributed by atoms with E-state index in [0.717, 1.165) is 6.26 Å². The van der Waals surface area contributed by atoms with Crippen molar-refractivity contribution in [2.75, 3.05) is 0 Å². The lowest BCUT2D eigenvalue weighted by atomic mass is 10.2. The van der Waals surface area contributed by atoms with Gasteiger partial charge >= 0.3 is 11.6 Å². The Morgan fingerprint density at radius 1 is 0.848 bits per heavy atom. The second kappa shape index (κ2) is 8.29. The Hall–Kier alpha value is -4.36. The molecule has 5 rings (SSSR count). The Bertz CT molecular complexity index is 1650. The maximum atomic E-state index is 12.8. The average molecular weight is 461 g/mol. The lowest BCUT2D eigenvalue weighted by molar-refractivity contribution is 0.0730. The van der Waals surface area contributed by atoms with Crippen LogP contribution in [0.25, 0.3) is 21.9 Å². The number of para-hydroxylation sites is 2. The van der Waals surface area contributed by atoms with E-state index in [1.807, 2.05) is 0 Å². The van der Waals surface area contributed by atoms with Crippen molar-refractivity contribution >= 4 is 39.5 Å². The molecule has 33 heavy (non-hydrogen) atoms. The van der Waals surface area contributed by atoms with Crippen molar-refractivity contribution in [1.29, 1.82) is 0 Å². The molecule has 0 aliphatic heterocycles. The highest BCUT2D eigenvalue weighted by molar-refractivity contribution is 6.32. The van der Waals surface area contributed by atoms with Crippen molar-refractivity contribution < 1.29 is 23.1 Å². The molecule has 0 atom stereocenters. The zero-order chi connectivity index (χ0) is 22.9. The predicted molar refractivity (Wildman–Crippen MR) is 121 cm³/mol. The molecule has 0 fully saturated rings. The normalized spacial score (nSPS) is 10.9. The summed E-state index contributed by atoms with van der Waals surface area (Å²) in [5, 5.41) is 1.14. The number of rotatable bonds is 4. The zero-order valence-corrected chi connectivity index (χ0v) is 17.5. The van der Waals surface area contributed by atoms with Gasteiger partial charge in [-0.15, -0.1) is 0 Å². The summed E-state index contributed by atoms with van der Waals surface area (Å²) in [7, 11) is 0. The van der Waals surface area contributed by atoms with E-state index in [2.05, 4.69) is 0 Å². The molecule has 0 saturated heterocycles. The number of esters is 1. The molecule has 0 radical (unpaired) electrons. The number of halogens is 1. The predicted octanol–water partition coefficient (Wildman–Crippen LogP) is 5.56. The first-order chi connectivity index (χ1) is 16.0. The molecule has 0 N–H and O–H groups in total. The summed E-state index contributed by atoms with van der Waals surface area (Å²) in [6.07, 6.45) is 1.15. The van der Waals surface area contributed by atoms with Crippen LogP contribution in [-0.2, 0) is 0 Å². The first-order valence-electron chi connectivity index (χ1n) is 9.72. The Balaban J connectivity index is 1.44. The number of hydrogen-bond acceptors (Lipinski definition) is 7. The van der Waals surface area contributed by atoms with Gasteiger partial charge in [-0.2, -0.15) is 0 Å². The molecule has 0 spiro atoms. The topological polar surface area (TPSA) is 96.0 Å². The summed E-state index contributed by atoms with van der Waals surface area (Å²) in [6, 6.07) is 19.2. The number of hydrogen-bond donors (Lipinski definition) is 0. The van der Waals surface area contributed by atoms with Gasteiger partial charge < -0.3 is 18.3 Å². The maximum absolute atomic E-state index is 12.8. The Morgan fingerprint density at radius 3 is 2.48 bits per heavy atom. The largest absolute Gasteiger partial charge is 0.460 e. The molecular formula is C25H13ClO7. The minimum atomic E-state index is -0.894. The molecular weight excluding hydrogens is 448 g/mol. The van der Waals surface area contributed by atoms with E-state index < -0.39 is 17.0 Å². The van der Waals surface area contributed by atoms with Gasteiger partial charge in [0.25, 0.3) is 0 Å². The Kier molecular flexibility index (Phi) is 5.16. The molecule has 7 nitrogen and oxygen atoms in total. The van der Waals surface area contributed by atoms with E-state index in [-0.39, 0.29) is 28.0 Å². The highest BCUT2D eigenvalue weighted by atomic mass is 35.5. The minimum Gasteiger partial charge on any atom is -0.460 e. The van der Waals surface area contributed by atoms with Gasteiger partial charge in [-0.05, 0) is 36.4 Å². The van der Waals surface area contributed by atoms with Crippen LogP contribution in [0.5, 0.6) is 17.2 Å². The monoisotopic (exact) mass is 460 g/mol. The number of carbonyl (C=O) groups excluding carboxylic acids is 1. The summed E-state index contributed by atoms with van der Waals surface area (Å²) < 4.78 is 21.6. The first-order valence-corrected chi connectivity index (χ1v) is 10.1. The van der Waals surface area contributed by atoms with Gasteiger partial charge in [0.05, 0.1) is 10.4 Å². The molecule has 2 aromatic heterocycles. The van der Waals surface area contributed by atoms with Crippen molar-refractivity contribution in [3.8, 4) is 17.2 Å². The summed E-state index contributed by atoms with van der Waals surface area (Å²) >= 11 is 6.07. The van der Waals surface area contributed by atoms with Crippen molar-refractivity contribution in [3.05, 3.63) is 110 Å². The van der Waals surface area contributed by atoms with E-state index in [4.69, 9.17) is 29.9 Å². The van der Waals surface area contributed by atoms with Gasteiger partial charge in [-0.3, -0.25) is 4.79 Å². The third-order valence-electron chi connectivity index (χ3n) is 4.84. The minimum absolute atomic E-state index is 0.0471. The molecule has 162 valence electrons. The zero-order valence-electron chi connectivity index (χ0n) is 16.7. The molecule has 0 unspecified atom stereocenters. The van der Waals surface area contributed by atoms with Gasteiger partial charge in [0, 0.05) is 11.5 Å². The highest BCUT2D eigenvalue weighted by Gasteiger charge is 2.17. The number of benzene rings is 3. The molecule has 3 aromatic carbocycles. The fourth-order valence-corrected chi connectivity index (χ4v) is 3.41. The van der Waals surface area contributed by atoms with Crippen LogP contribution < -0.4 is 20.5 Å². The molecule has 0 bridgehead atoms. The fourth-order valence-electron chi connectivity index (χ4n) is 3.24. The van der Waals surface area contributed by atoms with Crippen LogP contribution in [0.2, 0.25) is 5.02 Å². The quantitative estimate of drug-likeness (QED) is 0.197.